The van der Waals surface area contributed by atoms with Crippen molar-refractivity contribution in [2.75, 3.05) is 13.2 Å². The van der Waals surface area contributed by atoms with Crippen molar-refractivity contribution >= 4 is 17.9 Å². The Labute approximate surface area is 342 Å². The van der Waals surface area contributed by atoms with Crippen molar-refractivity contribution in [1.29, 1.82) is 0 Å². The first-order valence-electron chi connectivity index (χ1n) is 24.2. The van der Waals surface area contributed by atoms with Crippen LogP contribution in [0.5, 0.6) is 0 Å². The zero-order chi connectivity index (χ0) is 40.5. The van der Waals surface area contributed by atoms with Crippen LogP contribution in [0.3, 0.4) is 0 Å². The summed E-state index contributed by atoms with van der Waals surface area (Å²) in [4.78, 5) is 37.8. The van der Waals surface area contributed by atoms with E-state index in [1.54, 1.807) is 0 Å². The molecular formula is C49H94O6. The summed E-state index contributed by atoms with van der Waals surface area (Å²) in [5, 5.41) is 0. The number of unbranched alkanes of at least 4 members (excludes halogenated alkanes) is 28. The van der Waals surface area contributed by atoms with Gasteiger partial charge in [-0.3, -0.25) is 14.4 Å². The van der Waals surface area contributed by atoms with Crippen LogP contribution in [-0.4, -0.2) is 37.2 Å². The highest BCUT2D eigenvalue weighted by Crippen LogP contribution is 2.17. The first-order valence-corrected chi connectivity index (χ1v) is 24.2. The SMILES string of the molecule is CCCCCCCCCCCCC(=O)O[C@H](COC(=O)CCCCCCCCCCCCCC(C)C)COC(=O)CCCCCCCCCCCCC(C)C. The van der Waals surface area contributed by atoms with Crippen molar-refractivity contribution in [1.82, 2.24) is 0 Å². The number of esters is 3. The first-order chi connectivity index (χ1) is 26.7. The van der Waals surface area contributed by atoms with Gasteiger partial charge in [-0.2, -0.15) is 0 Å². The van der Waals surface area contributed by atoms with E-state index in [1.165, 1.54) is 154 Å². The molecule has 55 heavy (non-hydrogen) atoms. The minimum absolute atomic E-state index is 0.0644. The summed E-state index contributed by atoms with van der Waals surface area (Å²) in [5.41, 5.74) is 0. The fraction of sp³-hybridized carbons (Fsp3) is 0.939. The molecule has 0 aromatic heterocycles. The molecule has 0 aliphatic carbocycles. The van der Waals surface area contributed by atoms with Crippen LogP contribution < -0.4 is 0 Å². The molecule has 6 heteroatoms. The molecule has 0 bridgehead atoms. The van der Waals surface area contributed by atoms with E-state index >= 15 is 0 Å². The standard InChI is InChI=1S/C49H94O6/c1-6-7-8-9-10-11-19-26-31-36-41-49(52)55-46(43-54-48(51)40-35-30-25-21-16-15-18-23-28-33-38-45(4)5)42-53-47(50)39-34-29-24-20-14-12-13-17-22-27-32-37-44(2)3/h44-46H,6-43H2,1-5H3/t46-/m1/s1. The van der Waals surface area contributed by atoms with Crippen LogP contribution in [0.2, 0.25) is 0 Å². The van der Waals surface area contributed by atoms with Gasteiger partial charge in [0.05, 0.1) is 0 Å². The lowest BCUT2D eigenvalue weighted by Crippen LogP contribution is -2.30. The Morgan fingerprint density at radius 3 is 0.891 bits per heavy atom. The lowest BCUT2D eigenvalue weighted by Gasteiger charge is -2.18. The average molecular weight is 779 g/mol. The Kier molecular flexibility index (Phi) is 40.8. The first kappa shape index (κ1) is 53.4. The zero-order valence-electron chi connectivity index (χ0n) is 37.6. The quantitative estimate of drug-likeness (QED) is 0.0348. The van der Waals surface area contributed by atoms with E-state index in [-0.39, 0.29) is 31.1 Å². The van der Waals surface area contributed by atoms with Crippen LogP contribution in [0, 0.1) is 11.8 Å². The van der Waals surface area contributed by atoms with Crippen molar-refractivity contribution in [2.45, 2.75) is 272 Å². The van der Waals surface area contributed by atoms with Gasteiger partial charge in [-0.05, 0) is 31.1 Å². The number of carbonyl (C=O) groups excluding carboxylic acids is 3. The largest absolute Gasteiger partial charge is 0.462 e. The van der Waals surface area contributed by atoms with Crippen LogP contribution in [0.1, 0.15) is 266 Å². The third-order valence-electron chi connectivity index (χ3n) is 11.0. The van der Waals surface area contributed by atoms with Gasteiger partial charge in [0.25, 0.3) is 0 Å². The van der Waals surface area contributed by atoms with Gasteiger partial charge in [0, 0.05) is 19.3 Å². The monoisotopic (exact) mass is 779 g/mol. The predicted octanol–water partition coefficient (Wildman–Crippen LogP) is 15.4. The smallest absolute Gasteiger partial charge is 0.306 e. The van der Waals surface area contributed by atoms with E-state index in [9.17, 15) is 14.4 Å². The summed E-state index contributed by atoms with van der Waals surface area (Å²) in [6, 6.07) is 0. The fourth-order valence-electron chi connectivity index (χ4n) is 7.28. The van der Waals surface area contributed by atoms with Gasteiger partial charge in [-0.25, -0.2) is 0 Å². The topological polar surface area (TPSA) is 78.9 Å². The summed E-state index contributed by atoms with van der Waals surface area (Å²) in [6.45, 7) is 11.3. The Hall–Kier alpha value is -1.59. The molecule has 0 rings (SSSR count). The molecular weight excluding hydrogens is 685 g/mol. The summed E-state index contributed by atoms with van der Waals surface area (Å²) in [6.07, 6.45) is 40.9. The summed E-state index contributed by atoms with van der Waals surface area (Å²) in [7, 11) is 0. The Bertz CT molecular complexity index is 839. The third-order valence-corrected chi connectivity index (χ3v) is 11.0. The average Bonchev–Trinajstić information content (AvgIpc) is 3.15. The van der Waals surface area contributed by atoms with E-state index in [0.717, 1.165) is 69.6 Å². The van der Waals surface area contributed by atoms with Crippen molar-refractivity contribution in [2.24, 2.45) is 11.8 Å². The summed E-state index contributed by atoms with van der Waals surface area (Å²) < 4.78 is 16.7. The minimum atomic E-state index is -0.760. The van der Waals surface area contributed by atoms with Gasteiger partial charge in [-0.15, -0.1) is 0 Å². The maximum atomic E-state index is 12.7. The summed E-state index contributed by atoms with van der Waals surface area (Å²) in [5.74, 6) is 0.791. The molecule has 0 saturated heterocycles. The molecule has 0 radical (unpaired) electrons. The van der Waals surface area contributed by atoms with Crippen LogP contribution >= 0.6 is 0 Å². The molecule has 0 N–H and O–H groups in total. The number of hydrogen-bond donors (Lipinski definition) is 0. The van der Waals surface area contributed by atoms with Gasteiger partial charge in [0.1, 0.15) is 13.2 Å². The van der Waals surface area contributed by atoms with Crippen molar-refractivity contribution in [3.8, 4) is 0 Å². The van der Waals surface area contributed by atoms with Crippen molar-refractivity contribution in [3.05, 3.63) is 0 Å². The number of ether oxygens (including phenoxy) is 3. The highest BCUT2D eigenvalue weighted by atomic mass is 16.6. The van der Waals surface area contributed by atoms with Crippen LogP contribution in [0.15, 0.2) is 0 Å². The number of rotatable bonds is 43. The van der Waals surface area contributed by atoms with Crippen LogP contribution in [0.4, 0.5) is 0 Å². The molecule has 0 aromatic carbocycles. The van der Waals surface area contributed by atoms with Crippen molar-refractivity contribution < 1.29 is 28.6 Å². The van der Waals surface area contributed by atoms with Crippen LogP contribution in [0.25, 0.3) is 0 Å². The normalized spacial score (nSPS) is 12.1. The number of carbonyl (C=O) groups is 3. The Morgan fingerprint density at radius 1 is 0.345 bits per heavy atom. The molecule has 0 fully saturated rings. The predicted molar refractivity (Wildman–Crippen MR) is 233 cm³/mol. The molecule has 0 spiro atoms. The second-order valence-corrected chi connectivity index (χ2v) is 17.7. The molecule has 0 unspecified atom stereocenters. The van der Waals surface area contributed by atoms with Gasteiger partial charge in [0.15, 0.2) is 6.10 Å². The Morgan fingerprint density at radius 2 is 0.600 bits per heavy atom. The highest BCUT2D eigenvalue weighted by molar-refractivity contribution is 5.71. The molecule has 0 heterocycles. The van der Waals surface area contributed by atoms with E-state index in [1.807, 2.05) is 0 Å². The number of hydrogen-bond acceptors (Lipinski definition) is 6. The lowest BCUT2D eigenvalue weighted by atomic mass is 10.0. The maximum Gasteiger partial charge on any atom is 0.306 e. The van der Waals surface area contributed by atoms with Crippen LogP contribution in [-0.2, 0) is 28.6 Å². The molecule has 0 aromatic rings. The molecule has 6 nitrogen and oxygen atoms in total. The molecule has 0 aliphatic rings. The molecule has 1 atom stereocenters. The van der Waals surface area contributed by atoms with E-state index in [2.05, 4.69) is 34.6 Å². The highest BCUT2D eigenvalue weighted by Gasteiger charge is 2.19. The second kappa shape index (κ2) is 42.0. The third kappa shape index (κ3) is 43.4. The van der Waals surface area contributed by atoms with Gasteiger partial charge >= 0.3 is 17.9 Å². The fourth-order valence-corrected chi connectivity index (χ4v) is 7.28. The van der Waals surface area contributed by atoms with Crippen molar-refractivity contribution in [3.63, 3.8) is 0 Å². The zero-order valence-corrected chi connectivity index (χ0v) is 37.6. The van der Waals surface area contributed by atoms with E-state index in [4.69, 9.17) is 14.2 Å². The molecule has 0 aliphatic heterocycles. The summed E-state index contributed by atoms with van der Waals surface area (Å²) >= 11 is 0. The van der Waals surface area contributed by atoms with E-state index < -0.39 is 6.10 Å². The molecule has 0 saturated carbocycles. The van der Waals surface area contributed by atoms with E-state index in [0.29, 0.717) is 19.3 Å². The second-order valence-electron chi connectivity index (χ2n) is 17.7. The maximum absolute atomic E-state index is 12.7. The van der Waals surface area contributed by atoms with Gasteiger partial charge < -0.3 is 14.2 Å². The van der Waals surface area contributed by atoms with Gasteiger partial charge in [-0.1, -0.05) is 227 Å². The minimum Gasteiger partial charge on any atom is -0.462 e. The Balaban J connectivity index is 4.30. The lowest BCUT2D eigenvalue weighted by molar-refractivity contribution is -0.167. The molecule has 326 valence electrons. The molecule has 0 amide bonds. The van der Waals surface area contributed by atoms with Gasteiger partial charge in [0.2, 0.25) is 0 Å².